The maximum atomic E-state index is 12.3. The Kier molecular flexibility index (Phi) is 4.91. The quantitative estimate of drug-likeness (QED) is 0.588. The van der Waals surface area contributed by atoms with Crippen molar-refractivity contribution in [3.63, 3.8) is 0 Å². The van der Waals surface area contributed by atoms with E-state index in [0.29, 0.717) is 46.6 Å². The number of nitriles is 1. The van der Waals surface area contributed by atoms with E-state index in [-0.39, 0.29) is 11.8 Å². The van der Waals surface area contributed by atoms with Gasteiger partial charge in [-0.3, -0.25) is 14.6 Å². The summed E-state index contributed by atoms with van der Waals surface area (Å²) in [6.07, 6.45) is 5.64. The van der Waals surface area contributed by atoms with E-state index < -0.39 is 0 Å². The fourth-order valence-electron chi connectivity index (χ4n) is 3.13. The van der Waals surface area contributed by atoms with Gasteiger partial charge in [-0.05, 0) is 42.5 Å². The fourth-order valence-corrected chi connectivity index (χ4v) is 3.13. The number of aromatic nitrogens is 2. The normalized spacial score (nSPS) is 13.6. The molecule has 0 spiro atoms. The molecular formula is C22H17N5O2. The first kappa shape index (κ1) is 18.2. The molecule has 29 heavy (non-hydrogen) atoms. The Morgan fingerprint density at radius 3 is 2.93 bits per heavy atom. The lowest BCUT2D eigenvalue weighted by atomic mass is 10.0. The van der Waals surface area contributed by atoms with E-state index in [4.69, 9.17) is 5.26 Å². The maximum absolute atomic E-state index is 12.3. The summed E-state index contributed by atoms with van der Waals surface area (Å²) in [7, 11) is 0. The summed E-state index contributed by atoms with van der Waals surface area (Å²) in [4.78, 5) is 31.9. The Morgan fingerprint density at radius 1 is 1.24 bits per heavy atom. The van der Waals surface area contributed by atoms with E-state index in [2.05, 4.69) is 26.7 Å². The number of carbonyl (C=O) groups excluding carboxylic acids is 2. The van der Waals surface area contributed by atoms with Crippen LogP contribution in [0.4, 0.5) is 5.69 Å². The number of pyridine rings is 1. The van der Waals surface area contributed by atoms with Gasteiger partial charge in [0.15, 0.2) is 0 Å². The van der Waals surface area contributed by atoms with Gasteiger partial charge in [0.05, 0.1) is 22.8 Å². The van der Waals surface area contributed by atoms with Crippen LogP contribution in [0.1, 0.15) is 32.9 Å². The zero-order chi connectivity index (χ0) is 20.2. The van der Waals surface area contributed by atoms with Crippen LogP contribution in [0, 0.1) is 11.3 Å². The van der Waals surface area contributed by atoms with Crippen LogP contribution >= 0.6 is 0 Å². The van der Waals surface area contributed by atoms with Crippen molar-refractivity contribution in [3.05, 3.63) is 82.9 Å². The number of hydrogen-bond donors (Lipinski definition) is 3. The van der Waals surface area contributed by atoms with Crippen LogP contribution in [-0.4, -0.2) is 28.3 Å². The first-order valence-electron chi connectivity index (χ1n) is 9.08. The lowest BCUT2D eigenvalue weighted by molar-refractivity contribution is -0.110. The highest BCUT2D eigenvalue weighted by Crippen LogP contribution is 2.33. The van der Waals surface area contributed by atoms with Crippen LogP contribution in [0.2, 0.25) is 0 Å². The van der Waals surface area contributed by atoms with E-state index in [1.54, 1.807) is 42.7 Å². The molecule has 7 nitrogen and oxygen atoms in total. The van der Waals surface area contributed by atoms with Crippen LogP contribution in [-0.2, 0) is 11.2 Å². The van der Waals surface area contributed by atoms with Gasteiger partial charge in [-0.1, -0.05) is 6.07 Å². The Morgan fingerprint density at radius 2 is 2.14 bits per heavy atom. The van der Waals surface area contributed by atoms with Gasteiger partial charge in [0.25, 0.3) is 11.8 Å². The number of H-pyrrole nitrogens is 1. The van der Waals surface area contributed by atoms with Gasteiger partial charge >= 0.3 is 0 Å². The van der Waals surface area contributed by atoms with Crippen LogP contribution < -0.4 is 10.6 Å². The molecule has 3 N–H and O–H groups in total. The predicted octanol–water partition coefficient (Wildman–Crippen LogP) is 2.75. The minimum Gasteiger partial charge on any atom is -0.361 e. The molecule has 2 amide bonds. The highest BCUT2D eigenvalue weighted by Gasteiger charge is 2.24. The van der Waals surface area contributed by atoms with Crippen LogP contribution in [0.5, 0.6) is 0 Å². The van der Waals surface area contributed by atoms with Gasteiger partial charge in [0.1, 0.15) is 0 Å². The molecule has 0 saturated heterocycles. The molecule has 0 saturated carbocycles. The van der Waals surface area contributed by atoms with Gasteiger partial charge in [0.2, 0.25) is 0 Å². The molecule has 7 heteroatoms. The number of hydrogen-bond acceptors (Lipinski definition) is 4. The summed E-state index contributed by atoms with van der Waals surface area (Å²) in [5.74, 6) is -0.448. The second-order valence-electron chi connectivity index (χ2n) is 6.55. The molecule has 3 aromatic rings. The number of anilines is 1. The molecule has 0 radical (unpaired) electrons. The first-order valence-corrected chi connectivity index (χ1v) is 9.08. The summed E-state index contributed by atoms with van der Waals surface area (Å²) >= 11 is 0. The molecule has 2 aromatic heterocycles. The lowest BCUT2D eigenvalue weighted by Gasteiger charge is -2.03. The van der Waals surface area contributed by atoms with Gasteiger partial charge in [-0.15, -0.1) is 0 Å². The van der Waals surface area contributed by atoms with Crippen molar-refractivity contribution in [1.29, 1.82) is 5.26 Å². The molecule has 4 rings (SSSR count). The molecule has 0 atom stereocenters. The van der Waals surface area contributed by atoms with E-state index in [1.165, 1.54) is 0 Å². The van der Waals surface area contributed by atoms with Gasteiger partial charge in [0, 0.05) is 48.0 Å². The number of rotatable bonds is 5. The van der Waals surface area contributed by atoms with Crippen molar-refractivity contribution < 1.29 is 9.59 Å². The average molecular weight is 383 g/mol. The molecule has 1 aromatic carbocycles. The smallest absolute Gasteiger partial charge is 0.256 e. The highest BCUT2D eigenvalue weighted by atomic mass is 16.2. The third-order valence-electron chi connectivity index (χ3n) is 4.59. The summed E-state index contributed by atoms with van der Waals surface area (Å²) in [5.41, 5.74) is 4.27. The molecular weight excluding hydrogens is 366 g/mol. The summed E-state index contributed by atoms with van der Waals surface area (Å²) in [6, 6.07) is 14.5. The largest absolute Gasteiger partial charge is 0.361 e. The molecule has 0 aliphatic carbocycles. The molecule has 0 bridgehead atoms. The van der Waals surface area contributed by atoms with Gasteiger partial charge < -0.3 is 15.6 Å². The first-order chi connectivity index (χ1) is 14.1. The van der Waals surface area contributed by atoms with E-state index in [1.807, 2.05) is 18.2 Å². The topological polar surface area (TPSA) is 111 Å². The highest BCUT2D eigenvalue weighted by molar-refractivity contribution is 6.34. The monoisotopic (exact) mass is 383 g/mol. The van der Waals surface area contributed by atoms with E-state index in [9.17, 15) is 9.59 Å². The average Bonchev–Trinajstić information content (AvgIpc) is 3.33. The zero-order valence-electron chi connectivity index (χ0n) is 15.4. The second-order valence-corrected chi connectivity index (χ2v) is 6.55. The molecule has 0 unspecified atom stereocenters. The van der Waals surface area contributed by atoms with Crippen LogP contribution in [0.25, 0.3) is 11.6 Å². The summed E-state index contributed by atoms with van der Waals surface area (Å²) < 4.78 is 0. The third kappa shape index (κ3) is 3.92. The Labute approximate surface area is 167 Å². The number of carbonyl (C=O) groups is 2. The van der Waals surface area contributed by atoms with Gasteiger partial charge in [-0.25, -0.2) is 0 Å². The number of nitrogens with zero attached hydrogens (tertiary/aromatic N) is 2. The molecule has 142 valence electrons. The number of amides is 2. The minimum atomic E-state index is -0.244. The molecule has 1 aliphatic rings. The maximum Gasteiger partial charge on any atom is 0.256 e. The van der Waals surface area contributed by atoms with Crippen molar-refractivity contribution in [1.82, 2.24) is 15.3 Å². The lowest BCUT2D eigenvalue weighted by Crippen LogP contribution is -2.25. The SMILES string of the molecule is N#Cc1ccc2c(c1)/C(=C/c1cc(C(=O)NCCc3ccccn3)c[nH]1)C(=O)N2. The Bertz CT molecular complexity index is 1160. The Balaban J connectivity index is 1.46. The number of fused-ring (bicyclic) bond motifs is 1. The third-order valence-corrected chi connectivity index (χ3v) is 4.59. The fraction of sp³-hybridized carbons (Fsp3) is 0.0909. The minimum absolute atomic E-state index is 0.204. The van der Waals surface area contributed by atoms with E-state index >= 15 is 0 Å². The number of aromatic amines is 1. The molecule has 0 fully saturated rings. The van der Waals surface area contributed by atoms with Crippen molar-refractivity contribution in [2.24, 2.45) is 0 Å². The predicted molar refractivity (Wildman–Crippen MR) is 109 cm³/mol. The summed E-state index contributed by atoms with van der Waals surface area (Å²) in [5, 5.41) is 14.7. The number of benzene rings is 1. The van der Waals surface area contributed by atoms with Crippen LogP contribution in [0.15, 0.2) is 54.9 Å². The molecule has 3 heterocycles. The standard InChI is InChI=1S/C22H17N5O2/c23-12-14-4-5-20-18(9-14)19(22(29)27-20)11-17-10-15(13-26-17)21(28)25-8-6-16-3-1-2-7-24-16/h1-5,7,9-11,13,26H,6,8H2,(H,25,28)(H,27,29)/b19-11-. The van der Waals surface area contributed by atoms with Crippen LogP contribution in [0.3, 0.4) is 0 Å². The Hall–Kier alpha value is -4.18. The zero-order valence-corrected chi connectivity index (χ0v) is 15.4. The van der Waals surface area contributed by atoms with Crippen molar-refractivity contribution in [3.8, 4) is 6.07 Å². The molecule has 1 aliphatic heterocycles. The van der Waals surface area contributed by atoms with Crippen molar-refractivity contribution >= 4 is 29.2 Å². The number of nitrogens with one attached hydrogen (secondary N) is 3. The second kappa shape index (κ2) is 7.82. The van der Waals surface area contributed by atoms with E-state index in [0.717, 1.165) is 5.69 Å². The van der Waals surface area contributed by atoms with Gasteiger partial charge in [-0.2, -0.15) is 5.26 Å². The summed E-state index contributed by atoms with van der Waals surface area (Å²) in [6.45, 7) is 0.476. The van der Waals surface area contributed by atoms with Crippen molar-refractivity contribution in [2.75, 3.05) is 11.9 Å². The van der Waals surface area contributed by atoms with Crippen molar-refractivity contribution in [2.45, 2.75) is 6.42 Å².